The highest BCUT2D eigenvalue weighted by molar-refractivity contribution is 5.88. The van der Waals surface area contributed by atoms with Gasteiger partial charge in [0.05, 0.1) is 11.3 Å². The Morgan fingerprint density at radius 3 is 2.00 bits per heavy atom. The second kappa shape index (κ2) is 11.5. The van der Waals surface area contributed by atoms with Crippen LogP contribution in [0.2, 0.25) is 0 Å². The molecule has 0 amide bonds. The summed E-state index contributed by atoms with van der Waals surface area (Å²) in [5, 5.41) is 10.4. The number of aliphatic carboxylic acids is 1. The number of piperidine rings is 1. The maximum atomic E-state index is 13.2. The minimum Gasteiger partial charge on any atom is -0.479 e. The summed E-state index contributed by atoms with van der Waals surface area (Å²) in [6, 6.07) is 14.6. The molecule has 6 heteroatoms. The van der Waals surface area contributed by atoms with Gasteiger partial charge < -0.3 is 14.7 Å². The average Bonchev–Trinajstić information content (AvgIpc) is 2.87. The number of hydrogen-bond donors (Lipinski definition) is 1. The number of rotatable bonds is 7. The minimum absolute atomic E-state index is 0.237. The number of hydrogen-bond acceptors (Lipinski definition) is 4. The molecular weight excluding hydrogens is 503 g/mol. The van der Waals surface area contributed by atoms with Crippen LogP contribution in [0.1, 0.15) is 81.6 Å². The number of carboxylic acid groups (broad SMARTS) is 1. The van der Waals surface area contributed by atoms with Crippen molar-refractivity contribution < 1.29 is 19.0 Å². The molecule has 0 spiro atoms. The summed E-state index contributed by atoms with van der Waals surface area (Å²) in [4.78, 5) is 19.8. The van der Waals surface area contributed by atoms with Gasteiger partial charge in [0.15, 0.2) is 6.10 Å². The molecule has 1 fully saturated rings. The Balaban J connectivity index is 1.82. The summed E-state index contributed by atoms with van der Waals surface area (Å²) in [6.45, 7) is 15.7. The molecule has 1 aliphatic rings. The summed E-state index contributed by atoms with van der Waals surface area (Å²) in [5.41, 5.74) is 6.50. The van der Waals surface area contributed by atoms with Gasteiger partial charge >= 0.3 is 5.97 Å². The summed E-state index contributed by atoms with van der Waals surface area (Å²) in [6.07, 6.45) is 4.82. The highest BCUT2D eigenvalue weighted by Gasteiger charge is 2.36. The lowest BCUT2D eigenvalue weighted by Gasteiger charge is -2.41. The monoisotopic (exact) mass is 544 g/mol. The van der Waals surface area contributed by atoms with E-state index in [1.54, 1.807) is 12.1 Å². The van der Waals surface area contributed by atoms with E-state index in [-0.39, 0.29) is 11.2 Å². The van der Waals surface area contributed by atoms with Crippen molar-refractivity contribution in [2.75, 3.05) is 18.0 Å². The van der Waals surface area contributed by atoms with Crippen molar-refractivity contribution >= 4 is 23.8 Å². The van der Waals surface area contributed by atoms with Gasteiger partial charge in [-0.2, -0.15) is 0 Å². The molecular formula is C34H41FN2O3. The number of halogens is 1. The third kappa shape index (κ3) is 6.97. The molecule has 1 atom stereocenters. The fourth-order valence-electron chi connectivity index (χ4n) is 5.28. The maximum absolute atomic E-state index is 13.2. The number of ether oxygens (including phenoxy) is 1. The predicted molar refractivity (Wildman–Crippen MR) is 161 cm³/mol. The Morgan fingerprint density at radius 2 is 1.50 bits per heavy atom. The van der Waals surface area contributed by atoms with Crippen LogP contribution in [-0.4, -0.2) is 34.8 Å². The predicted octanol–water partition coefficient (Wildman–Crippen LogP) is 8.24. The Morgan fingerprint density at radius 1 is 0.975 bits per heavy atom. The maximum Gasteiger partial charge on any atom is 0.337 e. The van der Waals surface area contributed by atoms with Gasteiger partial charge in [0.2, 0.25) is 0 Å². The first-order valence-electron chi connectivity index (χ1n) is 13.9. The number of carboxylic acids is 1. The van der Waals surface area contributed by atoms with E-state index in [0.29, 0.717) is 11.3 Å². The van der Waals surface area contributed by atoms with Crippen LogP contribution in [0.15, 0.2) is 48.5 Å². The molecule has 1 unspecified atom stereocenters. The fraction of sp³-hybridized carbons (Fsp3) is 0.412. The van der Waals surface area contributed by atoms with Gasteiger partial charge in [0.25, 0.3) is 0 Å². The molecule has 0 bridgehead atoms. The van der Waals surface area contributed by atoms with Gasteiger partial charge in [-0.05, 0) is 81.7 Å². The van der Waals surface area contributed by atoms with E-state index < -0.39 is 17.7 Å². The lowest BCUT2D eigenvalue weighted by atomic mass is 9.81. The molecule has 0 aliphatic carbocycles. The summed E-state index contributed by atoms with van der Waals surface area (Å²) < 4.78 is 19.4. The Labute approximate surface area is 237 Å². The molecule has 1 N–H and O–H groups in total. The summed E-state index contributed by atoms with van der Waals surface area (Å²) >= 11 is 0. The molecule has 5 nitrogen and oxygen atoms in total. The van der Waals surface area contributed by atoms with Gasteiger partial charge in [-0.3, -0.25) is 4.98 Å². The molecule has 0 radical (unpaired) electrons. The lowest BCUT2D eigenvalue weighted by Crippen LogP contribution is -2.39. The zero-order chi connectivity index (χ0) is 29.2. The molecule has 1 aromatic heterocycles. The van der Waals surface area contributed by atoms with Crippen molar-refractivity contribution in [2.45, 2.75) is 73.0 Å². The normalized spacial score (nSPS) is 16.4. The van der Waals surface area contributed by atoms with Crippen molar-refractivity contribution in [3.05, 3.63) is 82.4 Å². The highest BCUT2D eigenvalue weighted by Crippen LogP contribution is 2.44. The van der Waals surface area contributed by atoms with Gasteiger partial charge in [-0.15, -0.1) is 0 Å². The van der Waals surface area contributed by atoms with Gasteiger partial charge in [0, 0.05) is 35.6 Å². The van der Waals surface area contributed by atoms with Crippen molar-refractivity contribution in [1.29, 1.82) is 0 Å². The second-order valence-electron chi connectivity index (χ2n) is 12.5. The highest BCUT2D eigenvalue weighted by atomic mass is 19.1. The van der Waals surface area contributed by atoms with Crippen molar-refractivity contribution in [2.24, 2.45) is 5.41 Å². The van der Waals surface area contributed by atoms with Crippen molar-refractivity contribution in [3.63, 3.8) is 0 Å². The largest absolute Gasteiger partial charge is 0.479 e. The number of aryl methyl sites for hydroxylation is 2. The number of aromatic nitrogens is 1. The van der Waals surface area contributed by atoms with Crippen LogP contribution >= 0.6 is 0 Å². The van der Waals surface area contributed by atoms with Crippen LogP contribution in [-0.2, 0) is 9.53 Å². The number of benzene rings is 2. The molecule has 0 saturated carbocycles. The number of pyridine rings is 1. The topological polar surface area (TPSA) is 62.7 Å². The summed E-state index contributed by atoms with van der Waals surface area (Å²) in [7, 11) is 0. The number of nitrogens with zero attached hydrogens (tertiary/aromatic N) is 2. The molecule has 2 heterocycles. The summed E-state index contributed by atoms with van der Waals surface area (Å²) in [5.74, 6) is -1.27. The first-order valence-corrected chi connectivity index (χ1v) is 13.9. The molecule has 4 rings (SSSR count). The molecule has 3 aromatic rings. The number of anilines is 1. The van der Waals surface area contributed by atoms with Crippen LogP contribution < -0.4 is 4.90 Å². The average molecular weight is 545 g/mol. The second-order valence-corrected chi connectivity index (χ2v) is 12.5. The first kappa shape index (κ1) is 29.5. The zero-order valence-electron chi connectivity index (χ0n) is 24.7. The zero-order valence-corrected chi connectivity index (χ0v) is 24.7. The molecule has 1 aliphatic heterocycles. The Kier molecular flexibility index (Phi) is 8.50. The van der Waals surface area contributed by atoms with E-state index >= 15 is 0 Å². The van der Waals surface area contributed by atoms with Gasteiger partial charge in [-0.25, -0.2) is 9.18 Å². The van der Waals surface area contributed by atoms with E-state index in [1.807, 2.05) is 58.9 Å². The molecule has 40 heavy (non-hydrogen) atoms. The Bertz CT molecular complexity index is 1380. The van der Waals surface area contributed by atoms with Crippen LogP contribution in [0.3, 0.4) is 0 Å². The van der Waals surface area contributed by atoms with Gasteiger partial charge in [0.1, 0.15) is 5.82 Å². The SMILES string of the molecule is Cc1nc(C)c(C(OC(C)(C)C)C(=O)O)c(N2CCC(C)(C)CC2)c1-c1ccc(C=Cc2ccc(F)cc2)cc1. The quantitative estimate of drug-likeness (QED) is 0.304. The Hall–Kier alpha value is -3.51. The van der Waals surface area contributed by atoms with Crippen molar-refractivity contribution in [1.82, 2.24) is 4.98 Å². The third-order valence-electron chi connectivity index (χ3n) is 7.51. The smallest absolute Gasteiger partial charge is 0.337 e. The van der Waals surface area contributed by atoms with Gasteiger partial charge in [-0.1, -0.05) is 62.4 Å². The minimum atomic E-state index is -1.14. The molecule has 2 aromatic carbocycles. The number of carbonyl (C=O) groups is 1. The van der Waals surface area contributed by atoms with E-state index in [1.165, 1.54) is 12.1 Å². The lowest BCUT2D eigenvalue weighted by molar-refractivity contribution is -0.160. The van der Waals surface area contributed by atoms with Crippen LogP contribution in [0.25, 0.3) is 23.3 Å². The van der Waals surface area contributed by atoms with E-state index in [0.717, 1.165) is 59.6 Å². The van der Waals surface area contributed by atoms with Crippen molar-refractivity contribution in [3.8, 4) is 11.1 Å². The third-order valence-corrected chi connectivity index (χ3v) is 7.51. The van der Waals surface area contributed by atoms with Crippen LogP contribution in [0.5, 0.6) is 0 Å². The standard InChI is InChI=1S/C34H41FN2O3/c1-22-28(26-14-10-24(11-15-26)8-9-25-12-16-27(35)17-13-25)30(37-20-18-34(6,7)19-21-37)29(23(2)36-22)31(32(38)39)40-33(3,4)5/h8-17,31H,18-21H2,1-7H3,(H,38,39). The van der Waals surface area contributed by atoms with E-state index in [4.69, 9.17) is 9.72 Å². The van der Waals surface area contributed by atoms with E-state index in [2.05, 4.69) is 30.9 Å². The van der Waals surface area contributed by atoms with E-state index in [9.17, 15) is 14.3 Å². The fourth-order valence-corrected chi connectivity index (χ4v) is 5.28. The molecule has 212 valence electrons. The first-order chi connectivity index (χ1) is 18.7. The van der Waals surface area contributed by atoms with Crippen LogP contribution in [0.4, 0.5) is 10.1 Å². The van der Waals surface area contributed by atoms with Crippen LogP contribution in [0, 0.1) is 25.1 Å². The molecule has 1 saturated heterocycles.